The molecule has 1 heterocycles. The van der Waals surface area contributed by atoms with Crippen LogP contribution in [-0.2, 0) is 4.74 Å². The van der Waals surface area contributed by atoms with Crippen molar-refractivity contribution in [2.45, 2.75) is 69.9 Å². The van der Waals surface area contributed by atoms with E-state index in [4.69, 9.17) is 4.74 Å². The van der Waals surface area contributed by atoms with E-state index in [-0.39, 0.29) is 5.60 Å². The molecule has 3 fully saturated rings. The van der Waals surface area contributed by atoms with Crippen LogP contribution in [0.4, 0.5) is 0 Å². The molecule has 0 amide bonds. The molecule has 1 saturated heterocycles. The largest absolute Gasteiger partial charge is 0.375 e. The Morgan fingerprint density at radius 3 is 2.71 bits per heavy atom. The summed E-state index contributed by atoms with van der Waals surface area (Å²) in [7, 11) is 0. The predicted molar refractivity (Wildman–Crippen MR) is 70.1 cm³/mol. The summed E-state index contributed by atoms with van der Waals surface area (Å²) in [5.74, 6) is 1.92. The van der Waals surface area contributed by atoms with Crippen molar-refractivity contribution in [3.8, 4) is 0 Å². The maximum atomic E-state index is 6.08. The summed E-state index contributed by atoms with van der Waals surface area (Å²) < 4.78 is 6.08. The van der Waals surface area contributed by atoms with Crippen LogP contribution in [0.5, 0.6) is 0 Å². The van der Waals surface area contributed by atoms with Gasteiger partial charge in [-0.05, 0) is 56.9 Å². The number of hydrogen-bond donors (Lipinski definition) is 1. The highest BCUT2D eigenvalue weighted by atomic mass is 16.5. The maximum absolute atomic E-state index is 6.08. The van der Waals surface area contributed by atoms with Gasteiger partial charge in [0, 0.05) is 12.6 Å². The van der Waals surface area contributed by atoms with Crippen molar-refractivity contribution in [1.82, 2.24) is 5.32 Å². The van der Waals surface area contributed by atoms with E-state index in [2.05, 4.69) is 12.2 Å². The Hall–Kier alpha value is -0.0800. The summed E-state index contributed by atoms with van der Waals surface area (Å²) in [5, 5.41) is 3.81. The molecule has 1 N–H and O–H groups in total. The molecule has 1 spiro atoms. The van der Waals surface area contributed by atoms with Crippen LogP contribution in [0, 0.1) is 11.8 Å². The zero-order valence-electron chi connectivity index (χ0n) is 11.2. The molecule has 2 heteroatoms. The topological polar surface area (TPSA) is 21.3 Å². The summed E-state index contributed by atoms with van der Waals surface area (Å²) in [6, 6.07) is 0.725. The van der Waals surface area contributed by atoms with Gasteiger partial charge in [0.05, 0.1) is 5.60 Å². The molecule has 3 aliphatic rings. The van der Waals surface area contributed by atoms with E-state index in [9.17, 15) is 0 Å². The Balaban J connectivity index is 1.46. The van der Waals surface area contributed by atoms with Gasteiger partial charge < -0.3 is 10.1 Å². The normalized spacial score (nSPS) is 34.1. The van der Waals surface area contributed by atoms with Crippen LogP contribution in [0.3, 0.4) is 0 Å². The fraction of sp³-hybridized carbons (Fsp3) is 1.00. The van der Waals surface area contributed by atoms with Gasteiger partial charge in [0.15, 0.2) is 0 Å². The Kier molecular flexibility index (Phi) is 3.45. The molecule has 2 atom stereocenters. The molecule has 0 aromatic heterocycles. The highest BCUT2D eigenvalue weighted by molar-refractivity contribution is 4.93. The molecule has 0 aromatic rings. The van der Waals surface area contributed by atoms with E-state index in [0.717, 1.165) is 24.5 Å². The minimum absolute atomic E-state index is 0.277. The second-order valence-electron chi connectivity index (χ2n) is 6.65. The molecule has 2 aliphatic carbocycles. The molecule has 0 radical (unpaired) electrons. The first kappa shape index (κ1) is 12.0. The van der Waals surface area contributed by atoms with Gasteiger partial charge in [-0.15, -0.1) is 0 Å². The lowest BCUT2D eigenvalue weighted by Gasteiger charge is -2.39. The fourth-order valence-electron chi connectivity index (χ4n) is 3.75. The Labute approximate surface area is 105 Å². The molecule has 1 aliphatic heterocycles. The smallest absolute Gasteiger partial charge is 0.0697 e. The molecule has 98 valence electrons. The zero-order chi connectivity index (χ0) is 11.7. The Bertz CT molecular complexity index is 256. The van der Waals surface area contributed by atoms with Crippen LogP contribution in [0.25, 0.3) is 0 Å². The molecule has 2 saturated carbocycles. The summed E-state index contributed by atoms with van der Waals surface area (Å²) in [5.41, 5.74) is 0.277. The van der Waals surface area contributed by atoms with Crippen molar-refractivity contribution in [3.05, 3.63) is 0 Å². The first-order valence-electron chi connectivity index (χ1n) is 7.65. The second-order valence-corrected chi connectivity index (χ2v) is 6.65. The number of rotatable bonds is 4. The van der Waals surface area contributed by atoms with Gasteiger partial charge in [-0.2, -0.15) is 0 Å². The third-order valence-corrected chi connectivity index (χ3v) is 5.16. The third-order valence-electron chi connectivity index (χ3n) is 5.16. The molecule has 2 nitrogen and oxygen atoms in total. The molecule has 0 aromatic carbocycles. The molecular formula is C15H27NO. The summed E-state index contributed by atoms with van der Waals surface area (Å²) in [4.78, 5) is 0. The lowest BCUT2D eigenvalue weighted by molar-refractivity contribution is -0.0838. The summed E-state index contributed by atoms with van der Waals surface area (Å²) >= 11 is 0. The summed E-state index contributed by atoms with van der Waals surface area (Å²) in [6.45, 7) is 4.62. The van der Waals surface area contributed by atoms with Gasteiger partial charge in [0.1, 0.15) is 0 Å². The van der Waals surface area contributed by atoms with Crippen molar-refractivity contribution in [2.75, 3.05) is 13.2 Å². The van der Waals surface area contributed by atoms with E-state index >= 15 is 0 Å². The van der Waals surface area contributed by atoms with Crippen molar-refractivity contribution in [3.63, 3.8) is 0 Å². The Morgan fingerprint density at radius 2 is 2.00 bits per heavy atom. The average molecular weight is 237 g/mol. The van der Waals surface area contributed by atoms with Crippen LogP contribution in [0.1, 0.15) is 58.3 Å². The summed E-state index contributed by atoms with van der Waals surface area (Å²) in [6.07, 6.45) is 10.8. The molecule has 0 bridgehead atoms. The first-order valence-corrected chi connectivity index (χ1v) is 7.65. The minimum atomic E-state index is 0.277. The van der Waals surface area contributed by atoms with Crippen molar-refractivity contribution >= 4 is 0 Å². The van der Waals surface area contributed by atoms with E-state index < -0.39 is 0 Å². The first-order chi connectivity index (χ1) is 8.27. The zero-order valence-corrected chi connectivity index (χ0v) is 11.2. The highest BCUT2D eigenvalue weighted by Crippen LogP contribution is 2.40. The highest BCUT2D eigenvalue weighted by Gasteiger charge is 2.40. The van der Waals surface area contributed by atoms with E-state index in [1.165, 1.54) is 57.9 Å². The van der Waals surface area contributed by atoms with Gasteiger partial charge in [-0.3, -0.25) is 0 Å². The molecular weight excluding hydrogens is 210 g/mol. The quantitative estimate of drug-likeness (QED) is 0.811. The minimum Gasteiger partial charge on any atom is -0.375 e. The van der Waals surface area contributed by atoms with Crippen LogP contribution in [0.15, 0.2) is 0 Å². The standard InChI is InChI=1S/C15H27NO/c1-12(13-4-5-13)11-16-14-6-9-17-15(10-14)7-2-3-8-15/h12-14,16H,2-11H2,1H3. The lowest BCUT2D eigenvalue weighted by atomic mass is 9.88. The van der Waals surface area contributed by atoms with E-state index in [1.807, 2.05) is 0 Å². The van der Waals surface area contributed by atoms with Crippen molar-refractivity contribution in [2.24, 2.45) is 11.8 Å². The number of ether oxygens (including phenoxy) is 1. The van der Waals surface area contributed by atoms with Crippen molar-refractivity contribution < 1.29 is 4.74 Å². The lowest BCUT2D eigenvalue weighted by Crippen LogP contribution is -2.46. The molecule has 17 heavy (non-hydrogen) atoms. The number of hydrogen-bond acceptors (Lipinski definition) is 2. The van der Waals surface area contributed by atoms with Gasteiger partial charge >= 0.3 is 0 Å². The second kappa shape index (κ2) is 4.89. The predicted octanol–water partition coefficient (Wildman–Crippen LogP) is 3.11. The van der Waals surface area contributed by atoms with Crippen LogP contribution >= 0.6 is 0 Å². The van der Waals surface area contributed by atoms with Crippen LogP contribution < -0.4 is 5.32 Å². The van der Waals surface area contributed by atoms with Gasteiger partial charge in [-0.25, -0.2) is 0 Å². The number of nitrogens with one attached hydrogen (secondary N) is 1. The van der Waals surface area contributed by atoms with Crippen LogP contribution in [-0.4, -0.2) is 24.8 Å². The molecule has 2 unspecified atom stereocenters. The SMILES string of the molecule is CC(CNC1CCOC2(CCCC2)C1)C1CC1. The van der Waals surface area contributed by atoms with Gasteiger partial charge in [0.2, 0.25) is 0 Å². The van der Waals surface area contributed by atoms with E-state index in [0.29, 0.717) is 0 Å². The van der Waals surface area contributed by atoms with Crippen LogP contribution in [0.2, 0.25) is 0 Å². The third kappa shape index (κ3) is 2.85. The average Bonchev–Trinajstić information content (AvgIpc) is 3.10. The van der Waals surface area contributed by atoms with E-state index in [1.54, 1.807) is 0 Å². The Morgan fingerprint density at radius 1 is 1.24 bits per heavy atom. The van der Waals surface area contributed by atoms with Gasteiger partial charge in [-0.1, -0.05) is 19.8 Å². The molecule has 3 rings (SSSR count). The maximum Gasteiger partial charge on any atom is 0.0697 e. The monoisotopic (exact) mass is 237 g/mol. The fourth-order valence-corrected chi connectivity index (χ4v) is 3.75. The van der Waals surface area contributed by atoms with Crippen molar-refractivity contribution in [1.29, 1.82) is 0 Å². The van der Waals surface area contributed by atoms with Gasteiger partial charge in [0.25, 0.3) is 0 Å².